The van der Waals surface area contributed by atoms with E-state index in [-0.39, 0.29) is 30.3 Å². The number of nitrogens with zero attached hydrogens (tertiary/aromatic N) is 1. The molecule has 0 spiro atoms. The summed E-state index contributed by atoms with van der Waals surface area (Å²) < 4.78 is 5.22. The number of carbonyl (C=O) groups is 2. The van der Waals surface area contributed by atoms with Crippen molar-refractivity contribution in [2.75, 3.05) is 44.4 Å². The van der Waals surface area contributed by atoms with Crippen molar-refractivity contribution < 1.29 is 14.3 Å². The fraction of sp³-hybridized carbons (Fsp3) is 0.867. The van der Waals surface area contributed by atoms with Gasteiger partial charge in [0.05, 0.1) is 24.7 Å². The van der Waals surface area contributed by atoms with Gasteiger partial charge in [0, 0.05) is 19.1 Å². The zero-order chi connectivity index (χ0) is 15.8. The first-order valence-electron chi connectivity index (χ1n) is 8.13. The van der Waals surface area contributed by atoms with E-state index in [0.29, 0.717) is 50.3 Å². The number of rotatable bonds is 6. The van der Waals surface area contributed by atoms with Crippen LogP contribution in [0.1, 0.15) is 25.7 Å². The molecule has 1 saturated heterocycles. The smallest absolute Gasteiger partial charge is 0.232 e. The molecule has 0 aromatic carbocycles. The van der Waals surface area contributed by atoms with E-state index in [0.717, 1.165) is 19.3 Å². The molecule has 0 radical (unpaired) electrons. The molecule has 23 heavy (non-hydrogen) atoms. The highest BCUT2D eigenvalue weighted by molar-refractivity contribution is 8.00. The van der Waals surface area contributed by atoms with E-state index in [2.05, 4.69) is 5.32 Å². The zero-order valence-corrected chi connectivity index (χ0v) is 15.1. The molecule has 8 heteroatoms. The van der Waals surface area contributed by atoms with Gasteiger partial charge in [-0.05, 0) is 25.3 Å². The monoisotopic (exact) mass is 365 g/mol. The molecule has 2 unspecified atom stereocenters. The molecule has 0 aromatic rings. The molecule has 2 aliphatic rings. The largest absolute Gasteiger partial charge is 0.378 e. The van der Waals surface area contributed by atoms with E-state index in [9.17, 15) is 9.59 Å². The van der Waals surface area contributed by atoms with Crippen molar-refractivity contribution in [3.05, 3.63) is 0 Å². The molecular formula is C15H28ClN3O3S. The number of amides is 2. The van der Waals surface area contributed by atoms with Crippen LogP contribution in [-0.2, 0) is 14.3 Å². The molecule has 1 saturated carbocycles. The summed E-state index contributed by atoms with van der Waals surface area (Å²) in [6.07, 6.45) is 4.48. The molecule has 134 valence electrons. The Hall–Kier alpha value is -0.500. The quantitative estimate of drug-likeness (QED) is 0.721. The topological polar surface area (TPSA) is 84.7 Å². The molecule has 1 aliphatic carbocycles. The molecule has 0 bridgehead atoms. The van der Waals surface area contributed by atoms with E-state index in [4.69, 9.17) is 10.5 Å². The summed E-state index contributed by atoms with van der Waals surface area (Å²) in [5.41, 5.74) is 5.77. The number of morpholine rings is 1. The van der Waals surface area contributed by atoms with E-state index < -0.39 is 0 Å². The number of thioether (sulfide) groups is 1. The summed E-state index contributed by atoms with van der Waals surface area (Å²) in [6, 6.07) is 0.210. The molecule has 1 aliphatic heterocycles. The highest BCUT2D eigenvalue weighted by Gasteiger charge is 2.25. The predicted octanol–water partition coefficient (Wildman–Crippen LogP) is 0.634. The molecule has 2 atom stereocenters. The molecule has 2 rings (SSSR count). The van der Waals surface area contributed by atoms with Crippen molar-refractivity contribution in [2.24, 2.45) is 11.7 Å². The SMILES string of the molecule is Cl.NCC1CCCCC1NC(=O)CSCC(=O)N1CCOCC1. The van der Waals surface area contributed by atoms with Gasteiger partial charge in [0.25, 0.3) is 0 Å². The van der Waals surface area contributed by atoms with Crippen molar-refractivity contribution in [3.8, 4) is 0 Å². The van der Waals surface area contributed by atoms with E-state index in [1.54, 1.807) is 4.90 Å². The van der Waals surface area contributed by atoms with Gasteiger partial charge < -0.3 is 20.7 Å². The number of hydrogen-bond acceptors (Lipinski definition) is 5. The Labute approximate surface area is 148 Å². The van der Waals surface area contributed by atoms with Gasteiger partial charge in [-0.1, -0.05) is 12.8 Å². The number of ether oxygens (including phenoxy) is 1. The van der Waals surface area contributed by atoms with Gasteiger partial charge in [0.15, 0.2) is 0 Å². The Bertz CT molecular complexity index is 381. The summed E-state index contributed by atoms with van der Waals surface area (Å²) in [5.74, 6) is 1.21. The van der Waals surface area contributed by atoms with Gasteiger partial charge in [0.2, 0.25) is 11.8 Å². The highest BCUT2D eigenvalue weighted by atomic mass is 35.5. The Balaban J connectivity index is 0.00000264. The third kappa shape index (κ3) is 6.87. The highest BCUT2D eigenvalue weighted by Crippen LogP contribution is 2.23. The fourth-order valence-electron chi connectivity index (χ4n) is 3.06. The third-order valence-electron chi connectivity index (χ3n) is 4.38. The van der Waals surface area contributed by atoms with Gasteiger partial charge in [-0.3, -0.25) is 9.59 Å². The lowest BCUT2D eigenvalue weighted by molar-refractivity contribution is -0.132. The van der Waals surface area contributed by atoms with Crippen LogP contribution in [0.15, 0.2) is 0 Å². The normalized spacial score (nSPS) is 24.7. The summed E-state index contributed by atoms with van der Waals surface area (Å²) in [5, 5.41) is 3.09. The van der Waals surface area contributed by atoms with Crippen LogP contribution in [0.3, 0.4) is 0 Å². The van der Waals surface area contributed by atoms with E-state index in [1.165, 1.54) is 18.2 Å². The van der Waals surface area contributed by atoms with Gasteiger partial charge in [0.1, 0.15) is 0 Å². The second kappa shape index (κ2) is 11.1. The molecule has 0 aromatic heterocycles. The number of halogens is 1. The molecule has 6 nitrogen and oxygen atoms in total. The zero-order valence-electron chi connectivity index (χ0n) is 13.5. The fourth-order valence-corrected chi connectivity index (χ4v) is 3.79. The van der Waals surface area contributed by atoms with Crippen molar-refractivity contribution in [3.63, 3.8) is 0 Å². The lowest BCUT2D eigenvalue weighted by Gasteiger charge is -2.31. The van der Waals surface area contributed by atoms with Crippen LogP contribution in [0.5, 0.6) is 0 Å². The number of carbonyl (C=O) groups excluding carboxylic acids is 2. The van der Waals surface area contributed by atoms with Crippen LogP contribution in [0.25, 0.3) is 0 Å². The summed E-state index contributed by atoms with van der Waals surface area (Å²) in [4.78, 5) is 25.8. The number of hydrogen-bond donors (Lipinski definition) is 2. The average molecular weight is 366 g/mol. The van der Waals surface area contributed by atoms with Gasteiger partial charge in [-0.25, -0.2) is 0 Å². The van der Waals surface area contributed by atoms with Gasteiger partial charge >= 0.3 is 0 Å². The minimum Gasteiger partial charge on any atom is -0.378 e. The summed E-state index contributed by atoms with van der Waals surface area (Å²) in [7, 11) is 0. The molecule has 1 heterocycles. The Morgan fingerprint density at radius 2 is 1.87 bits per heavy atom. The van der Waals surface area contributed by atoms with Crippen LogP contribution in [-0.4, -0.2) is 67.1 Å². The second-order valence-electron chi connectivity index (χ2n) is 5.94. The summed E-state index contributed by atoms with van der Waals surface area (Å²) >= 11 is 1.39. The number of nitrogens with one attached hydrogen (secondary N) is 1. The predicted molar refractivity (Wildman–Crippen MR) is 94.9 cm³/mol. The molecular weight excluding hydrogens is 338 g/mol. The maximum absolute atomic E-state index is 12.0. The second-order valence-corrected chi connectivity index (χ2v) is 6.93. The van der Waals surface area contributed by atoms with E-state index in [1.807, 2.05) is 0 Å². The maximum Gasteiger partial charge on any atom is 0.232 e. The number of nitrogens with two attached hydrogens (primary N) is 1. The minimum absolute atomic E-state index is 0. The van der Waals surface area contributed by atoms with Crippen LogP contribution < -0.4 is 11.1 Å². The first kappa shape index (κ1) is 20.5. The van der Waals surface area contributed by atoms with Crippen LogP contribution in [0.4, 0.5) is 0 Å². The van der Waals surface area contributed by atoms with Gasteiger partial charge in [-0.2, -0.15) is 0 Å². The Morgan fingerprint density at radius 3 is 2.57 bits per heavy atom. The Morgan fingerprint density at radius 1 is 1.17 bits per heavy atom. The van der Waals surface area contributed by atoms with Crippen molar-refractivity contribution in [2.45, 2.75) is 31.7 Å². The first-order chi connectivity index (χ1) is 10.7. The lowest BCUT2D eigenvalue weighted by atomic mass is 9.84. The van der Waals surface area contributed by atoms with Crippen LogP contribution >= 0.6 is 24.2 Å². The molecule has 2 fully saturated rings. The van der Waals surface area contributed by atoms with Gasteiger partial charge in [-0.15, -0.1) is 24.2 Å². The standard InChI is InChI=1S/C15H27N3O3S.ClH/c16-9-12-3-1-2-4-13(12)17-14(19)10-22-11-15(20)18-5-7-21-8-6-18;/h12-13H,1-11,16H2,(H,17,19);1H. The third-order valence-corrected chi connectivity index (χ3v) is 5.30. The maximum atomic E-state index is 12.0. The van der Waals surface area contributed by atoms with E-state index >= 15 is 0 Å². The van der Waals surface area contributed by atoms with Crippen molar-refractivity contribution >= 4 is 36.0 Å². The van der Waals surface area contributed by atoms with Crippen molar-refractivity contribution in [1.29, 1.82) is 0 Å². The van der Waals surface area contributed by atoms with Crippen molar-refractivity contribution in [1.82, 2.24) is 10.2 Å². The Kier molecular flexibility index (Phi) is 9.94. The van der Waals surface area contributed by atoms with Crippen LogP contribution in [0, 0.1) is 5.92 Å². The average Bonchev–Trinajstić information content (AvgIpc) is 2.56. The molecule has 3 N–H and O–H groups in total. The lowest BCUT2D eigenvalue weighted by Crippen LogP contribution is -2.45. The first-order valence-corrected chi connectivity index (χ1v) is 9.29. The minimum atomic E-state index is 0. The van der Waals surface area contributed by atoms with Crippen LogP contribution in [0.2, 0.25) is 0 Å². The summed E-state index contributed by atoms with van der Waals surface area (Å²) in [6.45, 7) is 3.17. The molecule has 2 amide bonds.